The minimum Gasteiger partial charge on any atom is -0.506 e. The molecule has 5 nitrogen and oxygen atoms in total. The number of hydrogen-bond acceptors (Lipinski definition) is 4. The third-order valence-electron chi connectivity index (χ3n) is 4.43. The van der Waals surface area contributed by atoms with E-state index in [9.17, 15) is 14.3 Å². The molecule has 0 bridgehead atoms. The summed E-state index contributed by atoms with van der Waals surface area (Å²) in [5.41, 5.74) is 1.33. The van der Waals surface area contributed by atoms with Gasteiger partial charge in [-0.1, -0.05) is 6.92 Å². The van der Waals surface area contributed by atoms with Crippen molar-refractivity contribution in [3.63, 3.8) is 0 Å². The average molecular weight is 469 g/mol. The molecule has 3 aromatic rings. The fourth-order valence-electron chi connectivity index (χ4n) is 2.95. The number of fused-ring (bicyclic) bond motifs is 1. The molecule has 2 heterocycles. The van der Waals surface area contributed by atoms with Gasteiger partial charge in [-0.15, -0.1) is 0 Å². The Bertz CT molecular complexity index is 1010. The fourth-order valence-corrected chi connectivity index (χ4v) is 4.13. The second kappa shape index (κ2) is 5.88. The number of carbonyl (C=O) groups is 1. The van der Waals surface area contributed by atoms with E-state index in [1.54, 1.807) is 0 Å². The van der Waals surface area contributed by atoms with Crippen LogP contribution in [0.15, 0.2) is 33.5 Å². The van der Waals surface area contributed by atoms with Crippen molar-refractivity contribution < 1.29 is 14.3 Å². The Morgan fingerprint density at radius 2 is 2.00 bits per heavy atom. The van der Waals surface area contributed by atoms with Gasteiger partial charge in [0.1, 0.15) is 11.4 Å². The highest BCUT2D eigenvalue weighted by Crippen LogP contribution is 2.48. The van der Waals surface area contributed by atoms with Crippen LogP contribution in [0, 0.1) is 11.7 Å². The van der Waals surface area contributed by atoms with Gasteiger partial charge in [0.25, 0.3) is 0 Å². The highest BCUT2D eigenvalue weighted by molar-refractivity contribution is 9.11. The van der Waals surface area contributed by atoms with E-state index < -0.39 is 5.82 Å². The molecular weight excluding hydrogens is 457 g/mol. The summed E-state index contributed by atoms with van der Waals surface area (Å²) < 4.78 is 15.9. The molecule has 8 heteroatoms. The van der Waals surface area contributed by atoms with Crippen LogP contribution < -0.4 is 0 Å². The quantitative estimate of drug-likeness (QED) is 0.576. The molecule has 1 fully saturated rings. The first-order valence-corrected chi connectivity index (χ1v) is 9.21. The van der Waals surface area contributed by atoms with E-state index >= 15 is 0 Å². The molecule has 1 N–H and O–H groups in total. The van der Waals surface area contributed by atoms with Crippen LogP contribution in [-0.4, -0.2) is 25.3 Å². The number of carbonyl (C=O) groups excluding carboxylic acids is 1. The standard InChI is InChI=1S/C17H12Br2FN3O2/c1-7-2-10(7)13-14(23-6-9(20)5-21-17(23)22-13)15(24)8-3-11(18)16(25)12(19)4-8/h3-7,10,25H,2H2,1H3/t7-,10-/m1/s1. The molecule has 1 aliphatic rings. The second-order valence-corrected chi connectivity index (χ2v) is 7.93. The molecule has 0 radical (unpaired) electrons. The van der Waals surface area contributed by atoms with E-state index in [2.05, 4.69) is 48.8 Å². The summed E-state index contributed by atoms with van der Waals surface area (Å²) in [5, 5.41) is 9.86. The molecule has 1 aromatic carbocycles. The first-order valence-electron chi connectivity index (χ1n) is 7.63. The van der Waals surface area contributed by atoms with E-state index in [1.807, 2.05) is 0 Å². The maximum atomic E-state index is 13.7. The number of phenols is 1. The van der Waals surface area contributed by atoms with Gasteiger partial charge in [-0.2, -0.15) is 0 Å². The SMILES string of the molecule is C[C@@H]1C[C@H]1c1nc2ncc(F)cn2c1C(=O)c1cc(Br)c(O)c(Br)c1. The van der Waals surface area contributed by atoms with Gasteiger partial charge in [0.2, 0.25) is 11.6 Å². The molecular formula is C17H12Br2FN3O2. The molecule has 1 aliphatic carbocycles. The highest BCUT2D eigenvalue weighted by atomic mass is 79.9. The Morgan fingerprint density at radius 1 is 1.36 bits per heavy atom. The van der Waals surface area contributed by atoms with Crippen LogP contribution in [-0.2, 0) is 0 Å². The number of hydrogen-bond donors (Lipinski definition) is 1. The zero-order valence-electron chi connectivity index (χ0n) is 13.0. The Labute approximate surface area is 159 Å². The summed E-state index contributed by atoms with van der Waals surface area (Å²) in [4.78, 5) is 21.6. The first-order chi connectivity index (χ1) is 11.9. The van der Waals surface area contributed by atoms with Crippen molar-refractivity contribution in [2.45, 2.75) is 19.3 Å². The molecule has 0 amide bonds. The van der Waals surface area contributed by atoms with Crippen molar-refractivity contribution in [1.82, 2.24) is 14.4 Å². The van der Waals surface area contributed by atoms with Crippen molar-refractivity contribution in [2.75, 3.05) is 0 Å². The molecule has 128 valence electrons. The number of phenolic OH excluding ortho intramolecular Hbond substituents is 1. The van der Waals surface area contributed by atoms with E-state index in [4.69, 9.17) is 0 Å². The van der Waals surface area contributed by atoms with Gasteiger partial charge in [-0.3, -0.25) is 9.20 Å². The maximum absolute atomic E-state index is 13.7. The van der Waals surface area contributed by atoms with Gasteiger partial charge in [-0.25, -0.2) is 14.4 Å². The number of halogens is 3. The molecule has 4 rings (SSSR count). The van der Waals surface area contributed by atoms with Crippen molar-refractivity contribution in [3.05, 3.63) is 56.2 Å². The normalized spacial score (nSPS) is 19.4. The van der Waals surface area contributed by atoms with Gasteiger partial charge < -0.3 is 5.11 Å². The largest absolute Gasteiger partial charge is 0.506 e. The third kappa shape index (κ3) is 2.77. The highest BCUT2D eigenvalue weighted by Gasteiger charge is 2.40. The van der Waals surface area contributed by atoms with Gasteiger partial charge in [0.15, 0.2) is 5.82 Å². The number of benzene rings is 1. The number of aromatic hydroxyl groups is 1. The lowest BCUT2D eigenvalue weighted by Gasteiger charge is -2.07. The summed E-state index contributed by atoms with van der Waals surface area (Å²) in [5.74, 6) is 0.0827. The van der Waals surface area contributed by atoms with Crippen molar-refractivity contribution in [1.29, 1.82) is 0 Å². The summed E-state index contributed by atoms with van der Waals surface area (Å²) in [6, 6.07) is 3.07. The van der Waals surface area contributed by atoms with Gasteiger partial charge in [-0.05, 0) is 56.3 Å². The monoisotopic (exact) mass is 467 g/mol. The zero-order chi connectivity index (χ0) is 17.9. The fraction of sp³-hybridized carbons (Fsp3) is 0.235. The summed E-state index contributed by atoms with van der Waals surface area (Å²) >= 11 is 6.46. The molecule has 0 unspecified atom stereocenters. The van der Waals surface area contributed by atoms with Crippen LogP contribution in [0.3, 0.4) is 0 Å². The summed E-state index contributed by atoms with van der Waals surface area (Å²) in [7, 11) is 0. The molecule has 2 atom stereocenters. The third-order valence-corrected chi connectivity index (χ3v) is 5.64. The molecule has 0 spiro atoms. The van der Waals surface area contributed by atoms with Crippen LogP contribution in [0.25, 0.3) is 5.78 Å². The number of ketones is 1. The number of nitrogens with zero attached hydrogens (tertiary/aromatic N) is 3. The Morgan fingerprint density at radius 3 is 2.60 bits per heavy atom. The topological polar surface area (TPSA) is 67.5 Å². The lowest BCUT2D eigenvalue weighted by atomic mass is 10.0. The van der Waals surface area contributed by atoms with Gasteiger partial charge in [0, 0.05) is 11.5 Å². The number of rotatable bonds is 3. The van der Waals surface area contributed by atoms with Gasteiger partial charge in [0.05, 0.1) is 27.0 Å². The second-order valence-electron chi connectivity index (χ2n) is 6.22. The predicted octanol–water partition coefficient (Wildman–Crippen LogP) is 4.45. The Kier molecular flexibility index (Phi) is 3.92. The van der Waals surface area contributed by atoms with Crippen molar-refractivity contribution in [2.24, 2.45) is 5.92 Å². The maximum Gasteiger partial charge on any atom is 0.234 e. The van der Waals surface area contributed by atoms with E-state index in [0.717, 1.165) is 12.6 Å². The lowest BCUT2D eigenvalue weighted by molar-refractivity contribution is 0.103. The first kappa shape index (κ1) is 16.7. The Hall–Kier alpha value is -1.80. The lowest BCUT2D eigenvalue weighted by Crippen LogP contribution is -2.09. The molecule has 0 saturated heterocycles. The number of imidazole rings is 1. The van der Waals surface area contributed by atoms with E-state index in [0.29, 0.717) is 37.6 Å². The van der Waals surface area contributed by atoms with Crippen molar-refractivity contribution >= 4 is 43.4 Å². The average Bonchev–Trinajstić information content (AvgIpc) is 3.17. The Balaban J connectivity index is 1.93. The van der Waals surface area contributed by atoms with Crippen LogP contribution in [0.2, 0.25) is 0 Å². The molecule has 25 heavy (non-hydrogen) atoms. The van der Waals surface area contributed by atoms with Crippen LogP contribution in [0.5, 0.6) is 5.75 Å². The van der Waals surface area contributed by atoms with Crippen LogP contribution in [0.4, 0.5) is 4.39 Å². The van der Waals surface area contributed by atoms with Crippen LogP contribution >= 0.6 is 31.9 Å². The predicted molar refractivity (Wildman–Crippen MR) is 96.4 cm³/mol. The minimum atomic E-state index is -0.539. The smallest absolute Gasteiger partial charge is 0.234 e. The van der Waals surface area contributed by atoms with Crippen LogP contribution in [0.1, 0.15) is 41.0 Å². The summed E-state index contributed by atoms with van der Waals surface area (Å²) in [6.45, 7) is 2.09. The van der Waals surface area contributed by atoms with Crippen molar-refractivity contribution in [3.8, 4) is 5.75 Å². The summed E-state index contributed by atoms with van der Waals surface area (Å²) in [6.07, 6.45) is 3.25. The zero-order valence-corrected chi connectivity index (χ0v) is 16.2. The minimum absolute atomic E-state index is 0.0124. The molecule has 1 saturated carbocycles. The molecule has 0 aliphatic heterocycles. The van der Waals surface area contributed by atoms with E-state index in [-0.39, 0.29) is 17.5 Å². The molecule has 2 aromatic heterocycles. The number of aromatic nitrogens is 3. The van der Waals surface area contributed by atoms with Gasteiger partial charge >= 0.3 is 0 Å². The van der Waals surface area contributed by atoms with E-state index in [1.165, 1.54) is 22.7 Å².